The number of para-hydroxylation sites is 2. The molecule has 1 aromatic heterocycles. The minimum atomic E-state index is 0.265. The van der Waals surface area contributed by atoms with Gasteiger partial charge < -0.3 is 9.47 Å². The van der Waals surface area contributed by atoms with Gasteiger partial charge in [0, 0.05) is 17.6 Å². The van der Waals surface area contributed by atoms with Crippen LogP contribution >= 0.6 is 0 Å². The van der Waals surface area contributed by atoms with Gasteiger partial charge in [-0.2, -0.15) is 0 Å². The van der Waals surface area contributed by atoms with Gasteiger partial charge >= 0.3 is 0 Å². The number of amides is 1. The molecule has 0 spiro atoms. The number of nitrogens with zero attached hydrogens (tertiary/aromatic N) is 3. The monoisotopic (exact) mass is 441 g/mol. The molecule has 0 unspecified atom stereocenters. The number of imidazole rings is 1. The Kier molecular flexibility index (Phi) is 6.61. The predicted molar refractivity (Wildman–Crippen MR) is 136 cm³/mol. The van der Waals surface area contributed by atoms with E-state index in [9.17, 15) is 4.79 Å². The summed E-state index contributed by atoms with van der Waals surface area (Å²) in [5, 5.41) is 0. The van der Waals surface area contributed by atoms with Crippen LogP contribution in [0.15, 0.2) is 55.1 Å². The Morgan fingerprint density at radius 1 is 0.909 bits per heavy atom. The van der Waals surface area contributed by atoms with Gasteiger partial charge in [-0.1, -0.05) is 87.6 Å². The van der Waals surface area contributed by atoms with Crippen LogP contribution in [-0.2, 0) is 11.3 Å². The number of rotatable bonds is 6. The summed E-state index contributed by atoms with van der Waals surface area (Å²) < 4.78 is 2.14. The van der Waals surface area contributed by atoms with Crippen LogP contribution < -0.4 is 0 Å². The first-order chi connectivity index (χ1) is 16.2. The van der Waals surface area contributed by atoms with E-state index in [1.165, 1.54) is 38.5 Å². The van der Waals surface area contributed by atoms with Gasteiger partial charge in [0.05, 0.1) is 11.0 Å². The molecule has 4 heteroatoms. The molecule has 2 aliphatic rings. The molecule has 172 valence electrons. The van der Waals surface area contributed by atoms with Crippen molar-refractivity contribution in [3.63, 3.8) is 0 Å². The van der Waals surface area contributed by atoms with Crippen LogP contribution in [0, 0.1) is 0 Å². The molecule has 33 heavy (non-hydrogen) atoms. The first-order valence-corrected chi connectivity index (χ1v) is 12.7. The second-order valence-corrected chi connectivity index (χ2v) is 9.72. The summed E-state index contributed by atoms with van der Waals surface area (Å²) in [5.74, 6) is 1.13. The molecule has 0 N–H and O–H groups in total. The molecule has 5 rings (SSSR count). The van der Waals surface area contributed by atoms with Crippen molar-refractivity contribution in [3.05, 3.63) is 60.7 Å². The van der Waals surface area contributed by atoms with Gasteiger partial charge in [0.2, 0.25) is 5.91 Å². The largest absolute Gasteiger partial charge is 0.335 e. The van der Waals surface area contributed by atoms with Crippen molar-refractivity contribution in [2.24, 2.45) is 0 Å². The predicted octanol–water partition coefficient (Wildman–Crippen LogP) is 6.84. The Morgan fingerprint density at radius 3 is 2.12 bits per heavy atom. The van der Waals surface area contributed by atoms with E-state index in [0.29, 0.717) is 18.6 Å². The Morgan fingerprint density at radius 2 is 1.52 bits per heavy atom. The molecule has 1 amide bonds. The third-order valence-electron chi connectivity index (χ3n) is 7.58. The van der Waals surface area contributed by atoms with E-state index in [1.807, 2.05) is 24.3 Å². The summed E-state index contributed by atoms with van der Waals surface area (Å²) in [5.41, 5.74) is 4.08. The van der Waals surface area contributed by atoms with Crippen molar-refractivity contribution in [2.75, 3.05) is 0 Å². The summed E-state index contributed by atoms with van der Waals surface area (Å²) in [7, 11) is 0. The zero-order valence-corrected chi connectivity index (χ0v) is 19.6. The Labute approximate surface area is 197 Å². The summed E-state index contributed by atoms with van der Waals surface area (Å²) in [6.07, 6.45) is 14.1. The van der Waals surface area contributed by atoms with Crippen LogP contribution in [0.5, 0.6) is 0 Å². The first-order valence-electron chi connectivity index (χ1n) is 12.7. The van der Waals surface area contributed by atoms with Gasteiger partial charge in [-0.05, 0) is 43.4 Å². The molecule has 0 aliphatic heterocycles. The maximum atomic E-state index is 14.0. The fourth-order valence-electron chi connectivity index (χ4n) is 5.86. The van der Waals surface area contributed by atoms with Gasteiger partial charge in [0.15, 0.2) is 0 Å². The maximum absolute atomic E-state index is 14.0. The van der Waals surface area contributed by atoms with Gasteiger partial charge in [-0.15, -0.1) is 0 Å². The molecule has 4 nitrogen and oxygen atoms in total. The summed E-state index contributed by atoms with van der Waals surface area (Å²) in [6.45, 7) is 4.22. The van der Waals surface area contributed by atoms with Crippen molar-refractivity contribution in [3.8, 4) is 11.4 Å². The zero-order chi connectivity index (χ0) is 22.6. The first kappa shape index (κ1) is 21.9. The van der Waals surface area contributed by atoms with Gasteiger partial charge in [-0.3, -0.25) is 4.79 Å². The minimum absolute atomic E-state index is 0.265. The van der Waals surface area contributed by atoms with E-state index in [-0.39, 0.29) is 5.91 Å². The fourth-order valence-corrected chi connectivity index (χ4v) is 5.86. The minimum Gasteiger partial charge on any atom is -0.335 e. The molecule has 2 fully saturated rings. The molecule has 1 heterocycles. The van der Waals surface area contributed by atoms with Crippen molar-refractivity contribution >= 4 is 23.0 Å². The third-order valence-corrected chi connectivity index (χ3v) is 7.58. The van der Waals surface area contributed by atoms with Gasteiger partial charge in [0.25, 0.3) is 0 Å². The second-order valence-electron chi connectivity index (χ2n) is 9.72. The number of carbonyl (C=O) groups is 1. The number of benzene rings is 2. The van der Waals surface area contributed by atoms with E-state index in [1.54, 1.807) is 0 Å². The molecular weight excluding hydrogens is 406 g/mol. The van der Waals surface area contributed by atoms with E-state index in [2.05, 4.69) is 46.4 Å². The lowest BCUT2D eigenvalue weighted by molar-refractivity contribution is -0.138. The number of hydrogen-bond donors (Lipinski definition) is 0. The third kappa shape index (κ3) is 4.62. The van der Waals surface area contributed by atoms with E-state index >= 15 is 0 Å². The van der Waals surface area contributed by atoms with Crippen LogP contribution in [0.3, 0.4) is 0 Å². The molecule has 2 aliphatic carbocycles. The zero-order valence-electron chi connectivity index (χ0n) is 19.6. The van der Waals surface area contributed by atoms with E-state index in [4.69, 9.17) is 4.98 Å². The molecule has 2 aromatic carbocycles. The van der Waals surface area contributed by atoms with E-state index in [0.717, 1.165) is 53.7 Å². The number of aromatic nitrogens is 2. The average molecular weight is 442 g/mol. The Balaban J connectivity index is 1.50. The molecule has 0 saturated heterocycles. The lowest BCUT2D eigenvalue weighted by Gasteiger charge is -2.42. The molecule has 0 atom stereocenters. The highest BCUT2D eigenvalue weighted by molar-refractivity contribution is 5.85. The van der Waals surface area contributed by atoms with Crippen molar-refractivity contribution in [2.45, 2.75) is 82.8 Å². The SMILES string of the molecule is C=Cc1ccc(-c2nc3ccccc3n2CC(=O)N(C2CCCCC2)C2CCCCC2)cc1. The van der Waals surface area contributed by atoms with Crippen molar-refractivity contribution < 1.29 is 4.79 Å². The van der Waals surface area contributed by atoms with Crippen molar-refractivity contribution in [1.82, 2.24) is 14.5 Å². The quantitative estimate of drug-likeness (QED) is 0.420. The van der Waals surface area contributed by atoms with Crippen LogP contribution in [0.4, 0.5) is 0 Å². The highest BCUT2D eigenvalue weighted by Crippen LogP contribution is 2.32. The van der Waals surface area contributed by atoms with Gasteiger partial charge in [0.1, 0.15) is 12.4 Å². The Hall–Kier alpha value is -2.88. The summed E-state index contributed by atoms with van der Waals surface area (Å²) >= 11 is 0. The average Bonchev–Trinajstić information content (AvgIpc) is 3.24. The number of hydrogen-bond acceptors (Lipinski definition) is 2. The maximum Gasteiger partial charge on any atom is 0.243 e. The number of carbonyl (C=O) groups excluding carboxylic acids is 1. The molecular formula is C29H35N3O. The smallest absolute Gasteiger partial charge is 0.243 e. The molecule has 3 aromatic rings. The second kappa shape index (κ2) is 9.94. The lowest BCUT2D eigenvalue weighted by atomic mass is 9.88. The van der Waals surface area contributed by atoms with Crippen LogP contribution in [0.25, 0.3) is 28.5 Å². The molecule has 2 saturated carbocycles. The molecule has 0 radical (unpaired) electrons. The highest BCUT2D eigenvalue weighted by atomic mass is 16.2. The fraction of sp³-hybridized carbons (Fsp3) is 0.448. The topological polar surface area (TPSA) is 38.1 Å². The lowest BCUT2D eigenvalue weighted by Crippen LogP contribution is -2.50. The van der Waals surface area contributed by atoms with Crippen LogP contribution in [-0.4, -0.2) is 32.4 Å². The van der Waals surface area contributed by atoms with E-state index < -0.39 is 0 Å². The summed E-state index contributed by atoms with van der Waals surface area (Å²) in [4.78, 5) is 21.3. The van der Waals surface area contributed by atoms with Crippen LogP contribution in [0.1, 0.15) is 69.8 Å². The van der Waals surface area contributed by atoms with Gasteiger partial charge in [-0.25, -0.2) is 4.98 Å². The van der Waals surface area contributed by atoms with Crippen LogP contribution in [0.2, 0.25) is 0 Å². The van der Waals surface area contributed by atoms with Crippen molar-refractivity contribution in [1.29, 1.82) is 0 Å². The number of fused-ring (bicyclic) bond motifs is 1. The standard InChI is InChI=1S/C29H35N3O/c1-2-22-17-19-23(20-18-22)29-30-26-15-9-10-16-27(26)31(29)21-28(33)32(24-11-5-3-6-12-24)25-13-7-4-8-14-25/h2,9-10,15-20,24-25H,1,3-8,11-14,21H2. The summed E-state index contributed by atoms with van der Waals surface area (Å²) in [6, 6.07) is 17.3. The highest BCUT2D eigenvalue weighted by Gasteiger charge is 2.33. The normalized spacial score (nSPS) is 17.8. The molecule has 0 bridgehead atoms. The Bertz CT molecular complexity index is 1080.